The molecular formula is C15H14O3. The zero-order valence-electron chi connectivity index (χ0n) is 10.2. The molecule has 0 radical (unpaired) electrons. The Kier molecular flexibility index (Phi) is 2.81. The minimum absolute atomic E-state index is 0.288. The third kappa shape index (κ3) is 2.12. The minimum Gasteiger partial charge on any atom is -0.489 e. The fourth-order valence-corrected chi connectivity index (χ4v) is 1.90. The fraction of sp³-hybridized carbons (Fsp3) is 0.200. The second kappa shape index (κ2) is 4.61. The van der Waals surface area contributed by atoms with E-state index in [1.165, 1.54) is 11.1 Å². The third-order valence-electron chi connectivity index (χ3n) is 3.00. The van der Waals surface area contributed by atoms with Gasteiger partial charge >= 0.3 is 0 Å². The van der Waals surface area contributed by atoms with Crippen molar-refractivity contribution < 1.29 is 14.2 Å². The predicted octanol–water partition coefficient (Wildman–Crippen LogP) is 3.30. The van der Waals surface area contributed by atoms with E-state index in [1.807, 2.05) is 30.3 Å². The first-order chi connectivity index (χ1) is 8.83. The third-order valence-corrected chi connectivity index (χ3v) is 3.00. The number of aryl methyl sites for hydroxylation is 1. The average Bonchev–Trinajstić information content (AvgIpc) is 2.85. The summed E-state index contributed by atoms with van der Waals surface area (Å²) in [5.74, 6) is 2.32. The van der Waals surface area contributed by atoms with Crippen molar-refractivity contribution in [3.63, 3.8) is 0 Å². The SMILES string of the molecule is Cc1ccccc1COc1ccc2c(c1)OCO2. The molecule has 0 N–H and O–H groups in total. The van der Waals surface area contributed by atoms with E-state index in [2.05, 4.69) is 19.1 Å². The molecular weight excluding hydrogens is 228 g/mol. The van der Waals surface area contributed by atoms with Crippen molar-refractivity contribution in [3.8, 4) is 17.2 Å². The summed E-state index contributed by atoms with van der Waals surface area (Å²) < 4.78 is 16.3. The molecule has 0 saturated heterocycles. The summed E-state index contributed by atoms with van der Waals surface area (Å²) in [4.78, 5) is 0. The lowest BCUT2D eigenvalue weighted by atomic mass is 10.1. The Morgan fingerprint density at radius 2 is 1.89 bits per heavy atom. The highest BCUT2D eigenvalue weighted by atomic mass is 16.7. The summed E-state index contributed by atoms with van der Waals surface area (Å²) in [6.07, 6.45) is 0. The fourth-order valence-electron chi connectivity index (χ4n) is 1.90. The van der Waals surface area contributed by atoms with Gasteiger partial charge in [-0.2, -0.15) is 0 Å². The molecule has 0 bridgehead atoms. The van der Waals surface area contributed by atoms with Gasteiger partial charge in [-0.25, -0.2) is 0 Å². The molecule has 3 nitrogen and oxygen atoms in total. The first-order valence-corrected chi connectivity index (χ1v) is 5.90. The Morgan fingerprint density at radius 3 is 2.78 bits per heavy atom. The van der Waals surface area contributed by atoms with Crippen molar-refractivity contribution in [3.05, 3.63) is 53.6 Å². The van der Waals surface area contributed by atoms with Gasteiger partial charge in [0.05, 0.1) is 0 Å². The molecule has 0 atom stereocenters. The van der Waals surface area contributed by atoms with Crippen molar-refractivity contribution in [2.24, 2.45) is 0 Å². The second-order valence-electron chi connectivity index (χ2n) is 4.23. The van der Waals surface area contributed by atoms with Crippen LogP contribution >= 0.6 is 0 Å². The molecule has 0 spiro atoms. The van der Waals surface area contributed by atoms with Gasteiger partial charge in [0.15, 0.2) is 11.5 Å². The maximum atomic E-state index is 5.76. The van der Waals surface area contributed by atoms with Crippen LogP contribution in [0.15, 0.2) is 42.5 Å². The topological polar surface area (TPSA) is 27.7 Å². The molecule has 2 aromatic rings. The first kappa shape index (κ1) is 11.0. The van der Waals surface area contributed by atoms with Crippen molar-refractivity contribution in [2.75, 3.05) is 6.79 Å². The van der Waals surface area contributed by atoms with Crippen molar-refractivity contribution >= 4 is 0 Å². The Hall–Kier alpha value is -2.16. The van der Waals surface area contributed by atoms with E-state index in [-0.39, 0.29) is 6.79 Å². The summed E-state index contributed by atoms with van der Waals surface area (Å²) in [5, 5.41) is 0. The quantitative estimate of drug-likeness (QED) is 0.826. The molecule has 0 aromatic heterocycles. The smallest absolute Gasteiger partial charge is 0.231 e. The molecule has 0 amide bonds. The predicted molar refractivity (Wildman–Crippen MR) is 68.1 cm³/mol. The van der Waals surface area contributed by atoms with E-state index in [0.717, 1.165) is 17.2 Å². The van der Waals surface area contributed by atoms with Crippen LogP contribution in [0.5, 0.6) is 17.2 Å². The van der Waals surface area contributed by atoms with E-state index < -0.39 is 0 Å². The summed E-state index contributed by atoms with van der Waals surface area (Å²) in [6.45, 7) is 2.93. The van der Waals surface area contributed by atoms with Crippen LogP contribution in [-0.2, 0) is 6.61 Å². The maximum Gasteiger partial charge on any atom is 0.231 e. The maximum absolute atomic E-state index is 5.76. The average molecular weight is 242 g/mol. The lowest BCUT2D eigenvalue weighted by Gasteiger charge is -2.09. The van der Waals surface area contributed by atoms with Crippen LogP contribution in [0.2, 0.25) is 0 Å². The zero-order valence-corrected chi connectivity index (χ0v) is 10.2. The molecule has 18 heavy (non-hydrogen) atoms. The van der Waals surface area contributed by atoms with Crippen LogP contribution in [0.4, 0.5) is 0 Å². The Labute approximate surface area is 106 Å². The van der Waals surface area contributed by atoms with E-state index in [1.54, 1.807) is 0 Å². The molecule has 2 aromatic carbocycles. The molecule has 1 aliphatic heterocycles. The van der Waals surface area contributed by atoms with Crippen LogP contribution < -0.4 is 14.2 Å². The van der Waals surface area contributed by atoms with Gasteiger partial charge in [0.2, 0.25) is 6.79 Å². The van der Waals surface area contributed by atoms with E-state index >= 15 is 0 Å². The Bertz CT molecular complexity index is 563. The zero-order chi connectivity index (χ0) is 12.4. The minimum atomic E-state index is 0.288. The van der Waals surface area contributed by atoms with Gasteiger partial charge in [-0.1, -0.05) is 24.3 Å². The lowest BCUT2D eigenvalue weighted by molar-refractivity contribution is 0.173. The van der Waals surface area contributed by atoms with E-state index in [4.69, 9.17) is 14.2 Å². The number of ether oxygens (including phenoxy) is 3. The van der Waals surface area contributed by atoms with Crippen LogP contribution in [-0.4, -0.2) is 6.79 Å². The summed E-state index contributed by atoms with van der Waals surface area (Å²) in [7, 11) is 0. The summed E-state index contributed by atoms with van der Waals surface area (Å²) in [5.41, 5.74) is 2.42. The molecule has 92 valence electrons. The second-order valence-corrected chi connectivity index (χ2v) is 4.23. The van der Waals surface area contributed by atoms with Gasteiger partial charge in [0.1, 0.15) is 12.4 Å². The molecule has 3 rings (SSSR count). The molecule has 0 fully saturated rings. The highest BCUT2D eigenvalue weighted by Crippen LogP contribution is 2.35. The van der Waals surface area contributed by atoms with Crippen LogP contribution in [0, 0.1) is 6.92 Å². The molecule has 1 aliphatic rings. The number of rotatable bonds is 3. The van der Waals surface area contributed by atoms with Crippen molar-refractivity contribution in [2.45, 2.75) is 13.5 Å². The number of hydrogen-bond donors (Lipinski definition) is 0. The molecule has 0 aliphatic carbocycles. The van der Waals surface area contributed by atoms with Gasteiger partial charge in [-0.05, 0) is 30.2 Å². The first-order valence-electron chi connectivity index (χ1n) is 5.90. The molecule has 0 saturated carbocycles. The molecule has 1 heterocycles. The summed E-state index contributed by atoms with van der Waals surface area (Å²) in [6, 6.07) is 13.8. The van der Waals surface area contributed by atoms with Gasteiger partial charge < -0.3 is 14.2 Å². The van der Waals surface area contributed by atoms with Crippen molar-refractivity contribution in [1.82, 2.24) is 0 Å². The van der Waals surface area contributed by atoms with Crippen LogP contribution in [0.3, 0.4) is 0 Å². The standard InChI is InChI=1S/C15H14O3/c1-11-4-2-3-5-12(11)9-16-13-6-7-14-15(8-13)18-10-17-14/h2-8H,9-10H2,1H3. The molecule has 0 unspecified atom stereocenters. The van der Waals surface area contributed by atoms with Crippen molar-refractivity contribution in [1.29, 1.82) is 0 Å². The Balaban J connectivity index is 1.72. The largest absolute Gasteiger partial charge is 0.489 e. The van der Waals surface area contributed by atoms with Gasteiger partial charge in [-0.15, -0.1) is 0 Å². The van der Waals surface area contributed by atoms with Crippen LogP contribution in [0.1, 0.15) is 11.1 Å². The van der Waals surface area contributed by atoms with Gasteiger partial charge in [0.25, 0.3) is 0 Å². The van der Waals surface area contributed by atoms with Gasteiger partial charge in [-0.3, -0.25) is 0 Å². The van der Waals surface area contributed by atoms with Gasteiger partial charge in [0, 0.05) is 6.07 Å². The van der Waals surface area contributed by atoms with E-state index in [0.29, 0.717) is 6.61 Å². The highest BCUT2D eigenvalue weighted by molar-refractivity contribution is 5.46. The molecule has 3 heteroatoms. The van der Waals surface area contributed by atoms with Crippen LogP contribution in [0.25, 0.3) is 0 Å². The number of hydrogen-bond acceptors (Lipinski definition) is 3. The Morgan fingerprint density at radius 1 is 1.06 bits per heavy atom. The van der Waals surface area contributed by atoms with E-state index in [9.17, 15) is 0 Å². The summed E-state index contributed by atoms with van der Waals surface area (Å²) >= 11 is 0. The number of benzene rings is 2. The normalized spacial score (nSPS) is 12.5. The number of fused-ring (bicyclic) bond motifs is 1. The lowest BCUT2D eigenvalue weighted by Crippen LogP contribution is -1.97. The highest BCUT2D eigenvalue weighted by Gasteiger charge is 2.13. The monoisotopic (exact) mass is 242 g/mol.